The summed E-state index contributed by atoms with van der Waals surface area (Å²) in [5.74, 6) is 0.475. The molecule has 0 aliphatic carbocycles. The molecular formula is C13H19N3O3. The van der Waals surface area contributed by atoms with Gasteiger partial charge in [-0.1, -0.05) is 12.1 Å². The summed E-state index contributed by atoms with van der Waals surface area (Å²) in [7, 11) is 0. The summed E-state index contributed by atoms with van der Waals surface area (Å²) >= 11 is 0. The molecule has 6 nitrogen and oxygen atoms in total. The van der Waals surface area contributed by atoms with Gasteiger partial charge in [-0.15, -0.1) is 0 Å². The van der Waals surface area contributed by atoms with Crippen molar-refractivity contribution in [2.45, 2.75) is 57.7 Å². The molecule has 1 aromatic rings. The zero-order chi connectivity index (χ0) is 13.4. The van der Waals surface area contributed by atoms with E-state index >= 15 is 0 Å². The Kier molecular flexibility index (Phi) is 3.26. The van der Waals surface area contributed by atoms with E-state index in [1.807, 2.05) is 0 Å². The van der Waals surface area contributed by atoms with Crippen LogP contribution in [-0.2, 0) is 17.8 Å². The van der Waals surface area contributed by atoms with Crippen molar-refractivity contribution in [2.75, 3.05) is 0 Å². The van der Waals surface area contributed by atoms with Crippen LogP contribution in [0.4, 0.5) is 0 Å². The lowest BCUT2D eigenvalue weighted by Gasteiger charge is -2.20. The molecule has 0 amide bonds. The fourth-order valence-electron chi connectivity index (χ4n) is 3.45. The fraction of sp³-hybridized carbons (Fsp3) is 0.769. The summed E-state index contributed by atoms with van der Waals surface area (Å²) in [4.78, 5) is 17.8. The molecule has 1 aromatic heterocycles. The van der Waals surface area contributed by atoms with Crippen molar-refractivity contribution in [3.63, 3.8) is 0 Å². The van der Waals surface area contributed by atoms with Crippen molar-refractivity contribution in [1.82, 2.24) is 15.0 Å². The van der Waals surface area contributed by atoms with Gasteiger partial charge in [-0.3, -0.25) is 9.69 Å². The topological polar surface area (TPSA) is 79.5 Å². The van der Waals surface area contributed by atoms with E-state index in [4.69, 9.17) is 4.52 Å². The summed E-state index contributed by atoms with van der Waals surface area (Å²) in [5, 5.41) is 13.2. The smallest absolute Gasteiger partial charge is 0.308 e. The molecule has 0 aromatic carbocycles. The standard InChI is InChI=1S/C13H19N3O3/c1-2-3-12-14-11(15-19-12)7-16-8-4-5-10(16)9(6-8)13(17)18/h8-10H,2-7H2,1H3,(H,17,18). The van der Waals surface area contributed by atoms with Crippen LogP contribution in [0, 0.1) is 5.92 Å². The molecule has 104 valence electrons. The highest BCUT2D eigenvalue weighted by molar-refractivity contribution is 5.71. The molecular weight excluding hydrogens is 246 g/mol. The van der Waals surface area contributed by atoms with Gasteiger partial charge in [0.25, 0.3) is 0 Å². The normalized spacial score (nSPS) is 30.1. The van der Waals surface area contributed by atoms with Crippen molar-refractivity contribution < 1.29 is 14.4 Å². The molecule has 0 saturated carbocycles. The molecule has 3 unspecified atom stereocenters. The molecule has 2 bridgehead atoms. The maximum Gasteiger partial charge on any atom is 0.308 e. The lowest BCUT2D eigenvalue weighted by atomic mass is 9.89. The number of carboxylic acids is 1. The van der Waals surface area contributed by atoms with E-state index in [2.05, 4.69) is 22.0 Å². The van der Waals surface area contributed by atoms with Gasteiger partial charge in [-0.05, 0) is 25.7 Å². The Labute approximate surface area is 111 Å². The molecule has 0 spiro atoms. The number of aliphatic carboxylic acids is 1. The average Bonchev–Trinajstić information content (AvgIpc) is 3.06. The summed E-state index contributed by atoms with van der Waals surface area (Å²) in [6.45, 7) is 2.69. The first-order valence-electron chi connectivity index (χ1n) is 6.99. The molecule has 2 fully saturated rings. The average molecular weight is 265 g/mol. The molecule has 2 saturated heterocycles. The number of rotatable bonds is 5. The molecule has 1 N–H and O–H groups in total. The maximum absolute atomic E-state index is 11.2. The quantitative estimate of drug-likeness (QED) is 0.868. The van der Waals surface area contributed by atoms with Gasteiger partial charge in [-0.2, -0.15) is 4.98 Å². The van der Waals surface area contributed by atoms with Gasteiger partial charge in [-0.25, -0.2) is 0 Å². The van der Waals surface area contributed by atoms with Crippen LogP contribution in [0.3, 0.4) is 0 Å². The van der Waals surface area contributed by atoms with Crippen molar-refractivity contribution in [3.05, 3.63) is 11.7 Å². The van der Waals surface area contributed by atoms with Crippen LogP contribution in [0.5, 0.6) is 0 Å². The molecule has 3 rings (SSSR count). The van der Waals surface area contributed by atoms with Gasteiger partial charge >= 0.3 is 5.97 Å². The van der Waals surface area contributed by atoms with Gasteiger partial charge in [0.05, 0.1) is 12.5 Å². The van der Waals surface area contributed by atoms with E-state index < -0.39 is 5.97 Å². The second kappa shape index (κ2) is 4.92. The minimum atomic E-state index is -0.669. The minimum Gasteiger partial charge on any atom is -0.481 e. The summed E-state index contributed by atoms with van der Waals surface area (Å²) in [6, 6.07) is 0.523. The van der Waals surface area contributed by atoms with Crippen LogP contribution in [0.1, 0.15) is 44.3 Å². The predicted octanol–water partition coefficient (Wildman–Crippen LogP) is 1.46. The lowest BCUT2D eigenvalue weighted by Crippen LogP contribution is -2.32. The van der Waals surface area contributed by atoms with Crippen molar-refractivity contribution in [2.24, 2.45) is 5.92 Å². The molecule has 19 heavy (non-hydrogen) atoms. The van der Waals surface area contributed by atoms with Crippen LogP contribution in [-0.4, -0.2) is 38.2 Å². The van der Waals surface area contributed by atoms with Gasteiger partial charge in [0.2, 0.25) is 5.89 Å². The largest absolute Gasteiger partial charge is 0.481 e. The number of carboxylic acid groups (broad SMARTS) is 1. The molecule has 2 aliphatic rings. The van der Waals surface area contributed by atoms with Crippen LogP contribution in [0.2, 0.25) is 0 Å². The molecule has 3 atom stereocenters. The Morgan fingerprint density at radius 3 is 3.05 bits per heavy atom. The van der Waals surface area contributed by atoms with Gasteiger partial charge in [0.15, 0.2) is 5.82 Å². The fourth-order valence-corrected chi connectivity index (χ4v) is 3.45. The van der Waals surface area contributed by atoms with E-state index in [-0.39, 0.29) is 12.0 Å². The van der Waals surface area contributed by atoms with E-state index in [1.54, 1.807) is 0 Å². The van der Waals surface area contributed by atoms with Crippen LogP contribution < -0.4 is 0 Å². The third kappa shape index (κ3) is 2.25. The highest BCUT2D eigenvalue weighted by atomic mass is 16.5. The molecule has 2 aliphatic heterocycles. The first kappa shape index (κ1) is 12.6. The Bertz CT molecular complexity index is 473. The van der Waals surface area contributed by atoms with E-state index in [1.165, 1.54) is 0 Å². The zero-order valence-corrected chi connectivity index (χ0v) is 11.1. The van der Waals surface area contributed by atoms with Gasteiger partial charge in [0, 0.05) is 18.5 Å². The van der Waals surface area contributed by atoms with Crippen molar-refractivity contribution >= 4 is 5.97 Å². The number of nitrogens with zero attached hydrogens (tertiary/aromatic N) is 3. The van der Waals surface area contributed by atoms with Crippen molar-refractivity contribution in [1.29, 1.82) is 0 Å². The second-order valence-electron chi connectivity index (χ2n) is 5.51. The maximum atomic E-state index is 11.2. The number of hydrogen-bond donors (Lipinski definition) is 1. The highest BCUT2D eigenvalue weighted by Gasteiger charge is 2.49. The van der Waals surface area contributed by atoms with Crippen molar-refractivity contribution in [3.8, 4) is 0 Å². The molecule has 0 radical (unpaired) electrons. The third-order valence-corrected chi connectivity index (χ3v) is 4.30. The first-order chi connectivity index (χ1) is 9.19. The minimum absolute atomic E-state index is 0.149. The summed E-state index contributed by atoms with van der Waals surface area (Å²) in [6.07, 6.45) is 4.62. The predicted molar refractivity (Wildman–Crippen MR) is 66.4 cm³/mol. The van der Waals surface area contributed by atoms with Crippen LogP contribution in [0.25, 0.3) is 0 Å². The van der Waals surface area contributed by atoms with E-state index in [0.29, 0.717) is 24.3 Å². The van der Waals surface area contributed by atoms with Crippen LogP contribution in [0.15, 0.2) is 4.52 Å². The summed E-state index contributed by atoms with van der Waals surface area (Å²) < 4.78 is 5.18. The number of aryl methyl sites for hydroxylation is 1. The Hall–Kier alpha value is -1.43. The first-order valence-corrected chi connectivity index (χ1v) is 6.99. The summed E-state index contributed by atoms with van der Waals surface area (Å²) in [5.41, 5.74) is 0. The molecule has 6 heteroatoms. The third-order valence-electron chi connectivity index (χ3n) is 4.30. The number of fused-ring (bicyclic) bond motifs is 2. The second-order valence-corrected chi connectivity index (χ2v) is 5.51. The molecule has 3 heterocycles. The van der Waals surface area contributed by atoms with Gasteiger partial charge < -0.3 is 9.63 Å². The van der Waals surface area contributed by atoms with E-state index in [0.717, 1.165) is 32.1 Å². The number of carbonyl (C=O) groups is 1. The Morgan fingerprint density at radius 1 is 1.53 bits per heavy atom. The van der Waals surface area contributed by atoms with Gasteiger partial charge in [0.1, 0.15) is 0 Å². The number of hydrogen-bond acceptors (Lipinski definition) is 5. The van der Waals surface area contributed by atoms with Crippen LogP contribution >= 0.6 is 0 Å². The zero-order valence-electron chi connectivity index (χ0n) is 11.1. The van der Waals surface area contributed by atoms with E-state index in [9.17, 15) is 9.90 Å². The highest BCUT2D eigenvalue weighted by Crippen LogP contribution is 2.42. The monoisotopic (exact) mass is 265 g/mol. The lowest BCUT2D eigenvalue weighted by molar-refractivity contribution is -0.142. The number of aromatic nitrogens is 2. The Morgan fingerprint density at radius 2 is 2.37 bits per heavy atom. The SMILES string of the molecule is CCCc1nc(CN2C3CCC2C(C(=O)O)C3)no1. The Balaban J connectivity index is 1.68.